The van der Waals surface area contributed by atoms with Gasteiger partial charge in [0, 0.05) is 16.3 Å². The van der Waals surface area contributed by atoms with Crippen LogP contribution in [0.15, 0.2) is 42.5 Å². The summed E-state index contributed by atoms with van der Waals surface area (Å²) in [6.07, 6.45) is 0.721. The van der Waals surface area contributed by atoms with Crippen LogP contribution in [-0.4, -0.2) is 19.3 Å². The fraction of sp³-hybridized carbons (Fsp3) is 0.0667. The molecule has 1 N–H and O–H groups in total. The van der Waals surface area contributed by atoms with Crippen molar-refractivity contribution in [1.82, 2.24) is 0 Å². The topological polar surface area (TPSA) is 55.4 Å². The summed E-state index contributed by atoms with van der Waals surface area (Å²) in [5, 5.41) is 3.19. The number of nitrogens with one attached hydrogen (secondary N) is 1. The lowest BCUT2D eigenvalue weighted by Gasteiger charge is -2.10. The maximum absolute atomic E-state index is 12.2. The number of halogens is 1. The molecule has 2 aromatic carbocycles. The molecule has 0 aliphatic rings. The predicted octanol–water partition coefficient (Wildman–Crippen LogP) is 3.41. The van der Waals surface area contributed by atoms with Crippen LogP contribution < -0.4 is 10.1 Å². The molecule has 0 fully saturated rings. The highest BCUT2D eigenvalue weighted by atomic mass is 35.5. The Balaban J connectivity index is 2.25. The largest absolute Gasteiger partial charge is 0.496 e. The average molecular weight is 290 g/mol. The maximum Gasteiger partial charge on any atom is 0.259 e. The zero-order valence-electron chi connectivity index (χ0n) is 10.7. The Bertz CT molecular complexity index is 655. The molecule has 0 aliphatic heterocycles. The van der Waals surface area contributed by atoms with Crippen LogP contribution in [0.5, 0.6) is 5.75 Å². The lowest BCUT2D eigenvalue weighted by molar-refractivity contribution is 0.102. The van der Waals surface area contributed by atoms with Crippen LogP contribution in [0.2, 0.25) is 5.02 Å². The number of ether oxygens (including phenoxy) is 1. The van der Waals surface area contributed by atoms with E-state index in [1.54, 1.807) is 42.5 Å². The van der Waals surface area contributed by atoms with Crippen molar-refractivity contribution < 1.29 is 14.3 Å². The molecule has 0 saturated carbocycles. The summed E-state index contributed by atoms with van der Waals surface area (Å²) in [6.45, 7) is 0. The Morgan fingerprint density at radius 2 is 2.05 bits per heavy atom. The third-order valence-electron chi connectivity index (χ3n) is 2.69. The first kappa shape index (κ1) is 14.1. The van der Waals surface area contributed by atoms with Crippen LogP contribution in [-0.2, 0) is 0 Å². The zero-order valence-corrected chi connectivity index (χ0v) is 11.5. The van der Waals surface area contributed by atoms with Crippen LogP contribution >= 0.6 is 11.6 Å². The summed E-state index contributed by atoms with van der Waals surface area (Å²) in [6, 6.07) is 11.4. The number of amides is 1. The van der Waals surface area contributed by atoms with Crippen molar-refractivity contribution >= 4 is 29.5 Å². The molecule has 0 spiro atoms. The SMILES string of the molecule is COc1cc(Cl)ccc1C(=O)Nc1cccc(C=O)c1. The Morgan fingerprint density at radius 3 is 2.75 bits per heavy atom. The minimum atomic E-state index is -0.332. The zero-order chi connectivity index (χ0) is 14.5. The van der Waals surface area contributed by atoms with Crippen LogP contribution in [0.3, 0.4) is 0 Å². The number of aldehydes is 1. The first-order chi connectivity index (χ1) is 9.63. The molecule has 5 heteroatoms. The molecule has 4 nitrogen and oxygen atoms in total. The molecule has 2 rings (SSSR count). The molecule has 2 aromatic rings. The molecular formula is C15H12ClNO3. The highest BCUT2D eigenvalue weighted by molar-refractivity contribution is 6.31. The van der Waals surface area contributed by atoms with Crippen LogP contribution in [0.1, 0.15) is 20.7 Å². The van der Waals surface area contributed by atoms with Crippen molar-refractivity contribution in [1.29, 1.82) is 0 Å². The molecular weight excluding hydrogens is 278 g/mol. The van der Waals surface area contributed by atoms with Gasteiger partial charge in [0.15, 0.2) is 0 Å². The number of methoxy groups -OCH3 is 1. The number of benzene rings is 2. The second kappa shape index (κ2) is 6.21. The smallest absolute Gasteiger partial charge is 0.259 e. The van der Waals surface area contributed by atoms with Gasteiger partial charge >= 0.3 is 0 Å². The molecule has 1 amide bonds. The van der Waals surface area contributed by atoms with Crippen molar-refractivity contribution in [3.8, 4) is 5.75 Å². The fourth-order valence-corrected chi connectivity index (χ4v) is 1.90. The predicted molar refractivity (Wildman–Crippen MR) is 77.8 cm³/mol. The van der Waals surface area contributed by atoms with Gasteiger partial charge in [-0.15, -0.1) is 0 Å². The quantitative estimate of drug-likeness (QED) is 0.878. The lowest BCUT2D eigenvalue weighted by atomic mass is 10.1. The van der Waals surface area contributed by atoms with E-state index in [4.69, 9.17) is 16.3 Å². The fourth-order valence-electron chi connectivity index (χ4n) is 1.74. The van der Waals surface area contributed by atoms with Gasteiger partial charge in [-0.25, -0.2) is 0 Å². The number of rotatable bonds is 4. The molecule has 0 aliphatic carbocycles. The highest BCUT2D eigenvalue weighted by Crippen LogP contribution is 2.24. The number of anilines is 1. The summed E-state index contributed by atoms with van der Waals surface area (Å²) in [5.74, 6) is 0.0584. The van der Waals surface area contributed by atoms with Crippen molar-refractivity contribution in [3.63, 3.8) is 0 Å². The number of carbonyl (C=O) groups is 2. The molecule has 0 bridgehead atoms. The summed E-state index contributed by atoms with van der Waals surface area (Å²) in [5.41, 5.74) is 1.40. The molecule has 0 radical (unpaired) electrons. The third-order valence-corrected chi connectivity index (χ3v) is 2.92. The van der Waals surface area contributed by atoms with E-state index in [0.717, 1.165) is 6.29 Å². The van der Waals surface area contributed by atoms with Gasteiger partial charge in [-0.1, -0.05) is 23.7 Å². The Hall–Kier alpha value is -2.33. The number of hydrogen-bond acceptors (Lipinski definition) is 3. The van der Waals surface area contributed by atoms with Crippen LogP contribution in [0, 0.1) is 0 Å². The van der Waals surface area contributed by atoms with E-state index in [9.17, 15) is 9.59 Å². The second-order valence-electron chi connectivity index (χ2n) is 4.04. The van der Waals surface area contributed by atoms with E-state index in [-0.39, 0.29) is 5.91 Å². The molecule has 102 valence electrons. The third kappa shape index (κ3) is 3.16. The second-order valence-corrected chi connectivity index (χ2v) is 4.48. The molecule has 0 aromatic heterocycles. The van der Waals surface area contributed by atoms with Gasteiger partial charge in [-0.05, 0) is 30.3 Å². The molecule has 0 atom stereocenters. The molecule has 0 unspecified atom stereocenters. The molecule has 0 heterocycles. The van der Waals surface area contributed by atoms with Gasteiger partial charge in [0.25, 0.3) is 5.91 Å². The Morgan fingerprint density at radius 1 is 1.25 bits per heavy atom. The minimum absolute atomic E-state index is 0.332. The minimum Gasteiger partial charge on any atom is -0.496 e. The van der Waals surface area contributed by atoms with Gasteiger partial charge in [0.05, 0.1) is 12.7 Å². The number of hydrogen-bond donors (Lipinski definition) is 1. The van der Waals surface area contributed by atoms with E-state index in [1.807, 2.05) is 0 Å². The van der Waals surface area contributed by atoms with E-state index in [2.05, 4.69) is 5.32 Å². The highest BCUT2D eigenvalue weighted by Gasteiger charge is 2.13. The molecule has 20 heavy (non-hydrogen) atoms. The van der Waals surface area contributed by atoms with E-state index in [0.29, 0.717) is 27.6 Å². The Labute approximate surface area is 121 Å². The normalized spacial score (nSPS) is 9.90. The van der Waals surface area contributed by atoms with Crippen molar-refractivity contribution in [2.75, 3.05) is 12.4 Å². The van der Waals surface area contributed by atoms with Crippen molar-refractivity contribution in [2.45, 2.75) is 0 Å². The summed E-state index contributed by atoms with van der Waals surface area (Å²) in [4.78, 5) is 22.9. The summed E-state index contributed by atoms with van der Waals surface area (Å²) in [7, 11) is 1.47. The monoisotopic (exact) mass is 289 g/mol. The number of carbonyl (C=O) groups excluding carboxylic acids is 2. The van der Waals surface area contributed by atoms with Gasteiger partial charge < -0.3 is 10.1 Å². The standard InChI is InChI=1S/C15H12ClNO3/c1-20-14-8-11(16)5-6-13(14)15(19)17-12-4-2-3-10(7-12)9-18/h2-9H,1H3,(H,17,19). The summed E-state index contributed by atoms with van der Waals surface area (Å²) < 4.78 is 5.13. The maximum atomic E-state index is 12.2. The van der Waals surface area contributed by atoms with E-state index >= 15 is 0 Å². The van der Waals surface area contributed by atoms with Crippen LogP contribution in [0.25, 0.3) is 0 Å². The van der Waals surface area contributed by atoms with Gasteiger partial charge in [0.1, 0.15) is 12.0 Å². The average Bonchev–Trinajstić information content (AvgIpc) is 2.47. The van der Waals surface area contributed by atoms with Gasteiger partial charge in [-0.3, -0.25) is 9.59 Å². The summed E-state index contributed by atoms with van der Waals surface area (Å²) >= 11 is 5.85. The van der Waals surface area contributed by atoms with Crippen LogP contribution in [0.4, 0.5) is 5.69 Å². The van der Waals surface area contributed by atoms with Gasteiger partial charge in [-0.2, -0.15) is 0 Å². The van der Waals surface area contributed by atoms with Crippen molar-refractivity contribution in [3.05, 3.63) is 58.6 Å². The van der Waals surface area contributed by atoms with E-state index in [1.165, 1.54) is 7.11 Å². The Kier molecular flexibility index (Phi) is 4.38. The van der Waals surface area contributed by atoms with E-state index < -0.39 is 0 Å². The molecule has 0 saturated heterocycles. The van der Waals surface area contributed by atoms with Gasteiger partial charge in [0.2, 0.25) is 0 Å². The lowest BCUT2D eigenvalue weighted by Crippen LogP contribution is -2.13. The van der Waals surface area contributed by atoms with Crippen molar-refractivity contribution in [2.24, 2.45) is 0 Å². The first-order valence-electron chi connectivity index (χ1n) is 5.84. The first-order valence-corrected chi connectivity index (χ1v) is 6.22.